The summed E-state index contributed by atoms with van der Waals surface area (Å²) in [6.45, 7) is 3.33. The SMILES string of the molecule is CC(C)C(=O)CC(=O)c1ccc(F)cc1F. The van der Waals surface area contributed by atoms with Crippen LogP contribution >= 0.6 is 0 Å². The second kappa shape index (κ2) is 4.96. The number of halogens is 2. The number of carbonyl (C=O) groups is 2. The highest BCUT2D eigenvalue weighted by atomic mass is 19.1. The highest BCUT2D eigenvalue weighted by molar-refractivity contribution is 6.08. The Balaban J connectivity index is 2.85. The summed E-state index contributed by atoms with van der Waals surface area (Å²) in [5, 5.41) is 0. The van der Waals surface area contributed by atoms with E-state index in [1.807, 2.05) is 0 Å². The van der Waals surface area contributed by atoms with Crippen LogP contribution in [-0.4, -0.2) is 11.6 Å². The van der Waals surface area contributed by atoms with E-state index < -0.39 is 17.4 Å². The van der Waals surface area contributed by atoms with Crippen LogP contribution in [0.1, 0.15) is 30.6 Å². The Morgan fingerprint density at radius 2 is 1.88 bits per heavy atom. The summed E-state index contributed by atoms with van der Waals surface area (Å²) in [6, 6.07) is 2.68. The van der Waals surface area contributed by atoms with Crippen molar-refractivity contribution in [1.82, 2.24) is 0 Å². The molecule has 0 unspecified atom stereocenters. The highest BCUT2D eigenvalue weighted by Crippen LogP contribution is 2.13. The molecular formula is C12H12F2O2. The molecule has 86 valence electrons. The van der Waals surface area contributed by atoms with Crippen LogP contribution in [0.25, 0.3) is 0 Å². The number of benzene rings is 1. The number of hydrogen-bond donors (Lipinski definition) is 0. The van der Waals surface area contributed by atoms with Gasteiger partial charge in [-0.15, -0.1) is 0 Å². The van der Waals surface area contributed by atoms with E-state index in [1.165, 1.54) is 0 Å². The van der Waals surface area contributed by atoms with Crippen LogP contribution < -0.4 is 0 Å². The minimum absolute atomic E-state index is 0.240. The summed E-state index contributed by atoms with van der Waals surface area (Å²) in [5.74, 6) is -2.82. The molecule has 0 aromatic heterocycles. The Bertz CT molecular complexity index is 425. The van der Waals surface area contributed by atoms with E-state index in [0.29, 0.717) is 6.07 Å². The van der Waals surface area contributed by atoms with E-state index in [0.717, 1.165) is 12.1 Å². The van der Waals surface area contributed by atoms with Crippen LogP contribution in [0.5, 0.6) is 0 Å². The van der Waals surface area contributed by atoms with Crippen molar-refractivity contribution in [2.75, 3.05) is 0 Å². The summed E-state index contributed by atoms with van der Waals surface area (Å²) in [6.07, 6.45) is -0.347. The van der Waals surface area contributed by atoms with Gasteiger partial charge in [0.2, 0.25) is 0 Å². The van der Waals surface area contributed by atoms with Crippen molar-refractivity contribution in [2.24, 2.45) is 5.92 Å². The molecule has 0 saturated carbocycles. The monoisotopic (exact) mass is 226 g/mol. The van der Waals surface area contributed by atoms with Gasteiger partial charge in [0.1, 0.15) is 17.4 Å². The fourth-order valence-corrected chi connectivity index (χ4v) is 1.17. The van der Waals surface area contributed by atoms with Crippen molar-refractivity contribution in [1.29, 1.82) is 0 Å². The van der Waals surface area contributed by atoms with Crippen LogP contribution in [0.2, 0.25) is 0 Å². The molecule has 0 radical (unpaired) electrons. The molecule has 16 heavy (non-hydrogen) atoms. The van der Waals surface area contributed by atoms with E-state index >= 15 is 0 Å². The molecule has 1 rings (SSSR count). The van der Waals surface area contributed by atoms with Crippen LogP contribution in [0, 0.1) is 17.6 Å². The van der Waals surface area contributed by atoms with Crippen LogP contribution in [0.4, 0.5) is 8.78 Å². The maximum Gasteiger partial charge on any atom is 0.173 e. The number of rotatable bonds is 4. The number of carbonyl (C=O) groups excluding carboxylic acids is 2. The smallest absolute Gasteiger partial charge is 0.173 e. The zero-order chi connectivity index (χ0) is 12.3. The summed E-state index contributed by atoms with van der Waals surface area (Å²) in [7, 11) is 0. The van der Waals surface area contributed by atoms with Gasteiger partial charge < -0.3 is 0 Å². The van der Waals surface area contributed by atoms with Gasteiger partial charge in [0.05, 0.1) is 12.0 Å². The van der Waals surface area contributed by atoms with E-state index in [4.69, 9.17) is 0 Å². The predicted octanol–water partition coefficient (Wildman–Crippen LogP) is 2.76. The molecule has 1 aromatic carbocycles. The molecule has 0 atom stereocenters. The predicted molar refractivity (Wildman–Crippen MR) is 55.2 cm³/mol. The van der Waals surface area contributed by atoms with E-state index in [2.05, 4.69) is 0 Å². The van der Waals surface area contributed by atoms with Gasteiger partial charge in [-0.25, -0.2) is 8.78 Å². The van der Waals surface area contributed by atoms with Crippen molar-refractivity contribution >= 4 is 11.6 Å². The molecule has 0 aliphatic carbocycles. The van der Waals surface area contributed by atoms with Crippen molar-refractivity contribution in [3.63, 3.8) is 0 Å². The molecule has 0 bridgehead atoms. The molecule has 0 saturated heterocycles. The highest BCUT2D eigenvalue weighted by Gasteiger charge is 2.17. The Morgan fingerprint density at radius 3 is 2.38 bits per heavy atom. The van der Waals surface area contributed by atoms with E-state index in [1.54, 1.807) is 13.8 Å². The molecule has 1 aromatic rings. The largest absolute Gasteiger partial charge is 0.299 e. The molecule has 0 amide bonds. The van der Waals surface area contributed by atoms with Gasteiger partial charge in [-0.3, -0.25) is 9.59 Å². The van der Waals surface area contributed by atoms with Gasteiger partial charge in [-0.2, -0.15) is 0 Å². The number of Topliss-reactive ketones (excluding diaryl/α,β-unsaturated/α-hetero) is 2. The first-order chi connectivity index (χ1) is 7.41. The van der Waals surface area contributed by atoms with Gasteiger partial charge in [0.15, 0.2) is 5.78 Å². The quantitative estimate of drug-likeness (QED) is 0.584. The molecule has 0 heterocycles. The molecule has 0 N–H and O–H groups in total. The Labute approximate surface area is 92.3 Å². The Kier molecular flexibility index (Phi) is 3.88. The second-order valence-corrected chi connectivity index (χ2v) is 3.85. The van der Waals surface area contributed by atoms with E-state index in [9.17, 15) is 18.4 Å². The van der Waals surface area contributed by atoms with Crippen LogP contribution in [-0.2, 0) is 4.79 Å². The molecule has 0 spiro atoms. The second-order valence-electron chi connectivity index (χ2n) is 3.85. The number of ketones is 2. The summed E-state index contributed by atoms with van der Waals surface area (Å²) in [4.78, 5) is 22.8. The number of hydrogen-bond acceptors (Lipinski definition) is 2. The maximum atomic E-state index is 13.2. The lowest BCUT2D eigenvalue weighted by molar-refractivity contribution is -0.121. The third-order valence-electron chi connectivity index (χ3n) is 2.21. The topological polar surface area (TPSA) is 34.1 Å². The molecule has 0 aliphatic rings. The lowest BCUT2D eigenvalue weighted by Crippen LogP contribution is -2.14. The molecule has 2 nitrogen and oxygen atoms in total. The fourth-order valence-electron chi connectivity index (χ4n) is 1.17. The third kappa shape index (κ3) is 2.95. The normalized spacial score (nSPS) is 10.6. The Morgan fingerprint density at radius 1 is 1.25 bits per heavy atom. The zero-order valence-corrected chi connectivity index (χ0v) is 9.09. The van der Waals surface area contributed by atoms with Gasteiger partial charge in [-0.05, 0) is 12.1 Å². The van der Waals surface area contributed by atoms with Crippen molar-refractivity contribution in [3.8, 4) is 0 Å². The zero-order valence-electron chi connectivity index (χ0n) is 9.09. The van der Waals surface area contributed by atoms with Crippen molar-refractivity contribution in [3.05, 3.63) is 35.4 Å². The summed E-state index contributed by atoms with van der Waals surface area (Å²) < 4.78 is 25.8. The average molecular weight is 226 g/mol. The van der Waals surface area contributed by atoms with Crippen LogP contribution in [0.3, 0.4) is 0 Å². The van der Waals surface area contributed by atoms with Gasteiger partial charge >= 0.3 is 0 Å². The first-order valence-corrected chi connectivity index (χ1v) is 4.92. The Hall–Kier alpha value is -1.58. The lowest BCUT2D eigenvalue weighted by Gasteiger charge is -2.04. The lowest BCUT2D eigenvalue weighted by atomic mass is 9.99. The van der Waals surface area contributed by atoms with Gasteiger partial charge in [0, 0.05) is 12.0 Å². The average Bonchev–Trinajstić information content (AvgIpc) is 2.16. The minimum Gasteiger partial charge on any atom is -0.299 e. The van der Waals surface area contributed by atoms with Gasteiger partial charge in [0.25, 0.3) is 0 Å². The van der Waals surface area contributed by atoms with E-state index in [-0.39, 0.29) is 23.7 Å². The third-order valence-corrected chi connectivity index (χ3v) is 2.21. The standard InChI is InChI=1S/C12H12F2O2/c1-7(2)11(15)6-12(16)9-4-3-8(13)5-10(9)14/h3-5,7H,6H2,1-2H3. The first-order valence-electron chi connectivity index (χ1n) is 4.92. The summed E-state index contributed by atoms with van der Waals surface area (Å²) in [5.41, 5.74) is -0.240. The van der Waals surface area contributed by atoms with Crippen molar-refractivity contribution in [2.45, 2.75) is 20.3 Å². The molecule has 4 heteroatoms. The van der Waals surface area contributed by atoms with Crippen molar-refractivity contribution < 1.29 is 18.4 Å². The molecular weight excluding hydrogens is 214 g/mol. The first kappa shape index (κ1) is 12.5. The van der Waals surface area contributed by atoms with Gasteiger partial charge in [-0.1, -0.05) is 13.8 Å². The maximum absolute atomic E-state index is 13.2. The molecule has 0 aliphatic heterocycles. The summed E-state index contributed by atoms with van der Waals surface area (Å²) >= 11 is 0. The minimum atomic E-state index is -0.929. The fraction of sp³-hybridized carbons (Fsp3) is 0.333. The van der Waals surface area contributed by atoms with Crippen LogP contribution in [0.15, 0.2) is 18.2 Å². The molecule has 0 fully saturated rings.